The fourth-order valence-electron chi connectivity index (χ4n) is 2.50. The SMILES string of the molecule is Cc1ccc(NC(=O)C(C)(C)C(=O)NC2CCCC2)cc1Cl. The van der Waals surface area contributed by atoms with Crippen molar-refractivity contribution in [2.24, 2.45) is 5.41 Å². The maximum atomic E-state index is 12.4. The second-order valence-corrected chi connectivity index (χ2v) is 6.91. The molecule has 1 aliphatic rings. The van der Waals surface area contributed by atoms with Gasteiger partial charge in [0.05, 0.1) is 0 Å². The van der Waals surface area contributed by atoms with Crippen LogP contribution in [0.25, 0.3) is 0 Å². The Morgan fingerprint density at radius 1 is 1.18 bits per heavy atom. The summed E-state index contributed by atoms with van der Waals surface area (Å²) in [5.74, 6) is -0.557. The number of hydrogen-bond acceptors (Lipinski definition) is 2. The molecule has 4 nitrogen and oxygen atoms in total. The number of rotatable bonds is 4. The smallest absolute Gasteiger partial charge is 0.239 e. The van der Waals surface area contributed by atoms with Crippen molar-refractivity contribution < 1.29 is 9.59 Å². The highest BCUT2D eigenvalue weighted by Gasteiger charge is 2.37. The number of aryl methyl sites for hydroxylation is 1. The highest BCUT2D eigenvalue weighted by atomic mass is 35.5. The number of nitrogens with one attached hydrogen (secondary N) is 2. The Hall–Kier alpha value is -1.55. The molecule has 0 aliphatic heterocycles. The zero-order valence-electron chi connectivity index (χ0n) is 13.3. The van der Waals surface area contributed by atoms with E-state index >= 15 is 0 Å². The van der Waals surface area contributed by atoms with Crippen molar-refractivity contribution in [3.05, 3.63) is 28.8 Å². The fourth-order valence-corrected chi connectivity index (χ4v) is 2.68. The lowest BCUT2D eigenvalue weighted by atomic mass is 9.90. The molecule has 1 aromatic carbocycles. The third-order valence-electron chi connectivity index (χ3n) is 4.26. The van der Waals surface area contributed by atoms with Gasteiger partial charge in [0.1, 0.15) is 5.41 Å². The van der Waals surface area contributed by atoms with Crippen LogP contribution in [-0.2, 0) is 9.59 Å². The summed E-state index contributed by atoms with van der Waals surface area (Å²) in [4.78, 5) is 24.8. The number of carbonyl (C=O) groups excluding carboxylic acids is 2. The first-order chi connectivity index (χ1) is 10.3. The minimum absolute atomic E-state index is 0.202. The lowest BCUT2D eigenvalue weighted by Gasteiger charge is -2.25. The van der Waals surface area contributed by atoms with Gasteiger partial charge in [0.15, 0.2) is 0 Å². The molecule has 0 saturated heterocycles. The van der Waals surface area contributed by atoms with Gasteiger partial charge in [-0.05, 0) is 51.3 Å². The summed E-state index contributed by atoms with van der Waals surface area (Å²) in [5, 5.41) is 6.34. The van der Waals surface area contributed by atoms with E-state index in [2.05, 4.69) is 10.6 Å². The van der Waals surface area contributed by atoms with Gasteiger partial charge in [-0.15, -0.1) is 0 Å². The summed E-state index contributed by atoms with van der Waals surface area (Å²) in [5.41, 5.74) is 0.417. The van der Waals surface area contributed by atoms with E-state index in [-0.39, 0.29) is 17.9 Å². The van der Waals surface area contributed by atoms with Crippen molar-refractivity contribution >= 4 is 29.1 Å². The molecule has 0 aromatic heterocycles. The minimum atomic E-state index is -1.13. The highest BCUT2D eigenvalue weighted by molar-refractivity contribution is 6.31. The van der Waals surface area contributed by atoms with E-state index < -0.39 is 5.41 Å². The molecule has 2 N–H and O–H groups in total. The Bertz CT molecular complexity index is 578. The molecule has 120 valence electrons. The van der Waals surface area contributed by atoms with E-state index in [0.717, 1.165) is 31.2 Å². The van der Waals surface area contributed by atoms with Crippen LogP contribution in [0.1, 0.15) is 45.1 Å². The van der Waals surface area contributed by atoms with Gasteiger partial charge in [-0.1, -0.05) is 30.5 Å². The number of halogens is 1. The molecule has 0 bridgehead atoms. The molecule has 0 heterocycles. The molecule has 1 fully saturated rings. The number of hydrogen-bond donors (Lipinski definition) is 2. The van der Waals surface area contributed by atoms with Crippen molar-refractivity contribution in [3.8, 4) is 0 Å². The van der Waals surface area contributed by atoms with E-state index in [4.69, 9.17) is 11.6 Å². The molecule has 2 rings (SSSR count). The largest absolute Gasteiger partial charge is 0.352 e. The molecule has 1 aliphatic carbocycles. The van der Waals surface area contributed by atoms with Crippen molar-refractivity contribution in [1.82, 2.24) is 5.32 Å². The van der Waals surface area contributed by atoms with Crippen LogP contribution in [-0.4, -0.2) is 17.9 Å². The average molecular weight is 323 g/mol. The Balaban J connectivity index is 2.02. The molecule has 0 unspecified atom stereocenters. The Labute approximate surface area is 136 Å². The van der Waals surface area contributed by atoms with Gasteiger partial charge in [0, 0.05) is 16.8 Å². The second kappa shape index (κ2) is 6.69. The predicted octanol–water partition coefficient (Wildman–Crippen LogP) is 3.67. The summed E-state index contributed by atoms with van der Waals surface area (Å²) < 4.78 is 0. The van der Waals surface area contributed by atoms with Gasteiger partial charge in [-0.25, -0.2) is 0 Å². The lowest BCUT2D eigenvalue weighted by Crippen LogP contribution is -2.47. The van der Waals surface area contributed by atoms with Gasteiger partial charge in [-0.3, -0.25) is 9.59 Å². The lowest BCUT2D eigenvalue weighted by molar-refractivity contribution is -0.138. The van der Waals surface area contributed by atoms with Crippen LogP contribution in [0.3, 0.4) is 0 Å². The topological polar surface area (TPSA) is 58.2 Å². The molecule has 1 saturated carbocycles. The minimum Gasteiger partial charge on any atom is -0.352 e. The Morgan fingerprint density at radius 2 is 1.82 bits per heavy atom. The van der Waals surface area contributed by atoms with Crippen LogP contribution < -0.4 is 10.6 Å². The van der Waals surface area contributed by atoms with Crippen molar-refractivity contribution in [1.29, 1.82) is 0 Å². The van der Waals surface area contributed by atoms with Crippen molar-refractivity contribution in [3.63, 3.8) is 0 Å². The number of carbonyl (C=O) groups is 2. The van der Waals surface area contributed by atoms with Crippen LogP contribution >= 0.6 is 11.6 Å². The second-order valence-electron chi connectivity index (χ2n) is 6.50. The van der Waals surface area contributed by atoms with Gasteiger partial charge in [0.25, 0.3) is 0 Å². The summed E-state index contributed by atoms with van der Waals surface area (Å²) in [6.07, 6.45) is 4.27. The van der Waals surface area contributed by atoms with E-state index in [1.165, 1.54) is 0 Å². The number of benzene rings is 1. The number of anilines is 1. The maximum Gasteiger partial charge on any atom is 0.239 e. The van der Waals surface area contributed by atoms with Gasteiger partial charge in [0.2, 0.25) is 11.8 Å². The van der Waals surface area contributed by atoms with Crippen LogP contribution in [0.15, 0.2) is 18.2 Å². The molecule has 2 amide bonds. The predicted molar refractivity (Wildman–Crippen MR) is 89.0 cm³/mol. The summed E-state index contributed by atoms with van der Waals surface area (Å²) in [6, 6.07) is 5.52. The highest BCUT2D eigenvalue weighted by Crippen LogP contribution is 2.25. The first-order valence-electron chi connectivity index (χ1n) is 7.69. The van der Waals surface area contributed by atoms with Crippen molar-refractivity contribution in [2.75, 3.05) is 5.32 Å². The molecular formula is C17H23ClN2O2. The fraction of sp³-hybridized carbons (Fsp3) is 0.529. The summed E-state index contributed by atoms with van der Waals surface area (Å²) in [6.45, 7) is 5.18. The van der Waals surface area contributed by atoms with E-state index in [0.29, 0.717) is 10.7 Å². The molecule has 22 heavy (non-hydrogen) atoms. The summed E-state index contributed by atoms with van der Waals surface area (Å²) in [7, 11) is 0. The first-order valence-corrected chi connectivity index (χ1v) is 8.07. The quantitative estimate of drug-likeness (QED) is 0.831. The van der Waals surface area contributed by atoms with E-state index in [1.807, 2.05) is 13.0 Å². The normalized spacial score (nSPS) is 15.6. The standard InChI is InChI=1S/C17H23ClN2O2/c1-11-8-9-13(10-14(11)18)20-16(22)17(2,3)15(21)19-12-6-4-5-7-12/h8-10,12H,4-7H2,1-3H3,(H,19,21)(H,20,22). The van der Waals surface area contributed by atoms with E-state index in [1.54, 1.807) is 26.0 Å². The molecular weight excluding hydrogens is 300 g/mol. The zero-order chi connectivity index (χ0) is 16.3. The van der Waals surface area contributed by atoms with Crippen LogP contribution in [0.2, 0.25) is 5.02 Å². The Kier molecular flexibility index (Phi) is 5.12. The van der Waals surface area contributed by atoms with Gasteiger partial charge < -0.3 is 10.6 Å². The van der Waals surface area contributed by atoms with E-state index in [9.17, 15) is 9.59 Å². The van der Waals surface area contributed by atoms with Crippen LogP contribution in [0.5, 0.6) is 0 Å². The molecule has 0 atom stereocenters. The first kappa shape index (κ1) is 16.8. The monoisotopic (exact) mass is 322 g/mol. The van der Waals surface area contributed by atoms with Crippen LogP contribution in [0, 0.1) is 12.3 Å². The molecule has 5 heteroatoms. The third kappa shape index (κ3) is 3.80. The third-order valence-corrected chi connectivity index (χ3v) is 4.66. The molecule has 0 spiro atoms. The zero-order valence-corrected chi connectivity index (χ0v) is 14.1. The molecule has 1 aromatic rings. The van der Waals surface area contributed by atoms with Gasteiger partial charge >= 0.3 is 0 Å². The van der Waals surface area contributed by atoms with Crippen LogP contribution in [0.4, 0.5) is 5.69 Å². The van der Waals surface area contributed by atoms with Crippen molar-refractivity contribution in [2.45, 2.75) is 52.5 Å². The van der Waals surface area contributed by atoms with Gasteiger partial charge in [-0.2, -0.15) is 0 Å². The molecule has 0 radical (unpaired) electrons. The Morgan fingerprint density at radius 3 is 2.41 bits per heavy atom. The average Bonchev–Trinajstić information content (AvgIpc) is 2.95. The maximum absolute atomic E-state index is 12.4. The summed E-state index contributed by atoms with van der Waals surface area (Å²) >= 11 is 6.06. The number of amides is 2.